The number of carbonyl (C=O) groups is 2. The van der Waals surface area contributed by atoms with E-state index in [1.165, 1.54) is 0 Å². The number of rotatable bonds is 5. The molecule has 1 aliphatic rings. The molecule has 0 bridgehead atoms. The molecule has 1 atom stereocenters. The first-order valence-corrected chi connectivity index (χ1v) is 9.28. The van der Waals surface area contributed by atoms with Crippen LogP contribution >= 0.6 is 0 Å². The van der Waals surface area contributed by atoms with Gasteiger partial charge in [-0.2, -0.15) is 0 Å². The molecule has 3 rings (SSSR count). The van der Waals surface area contributed by atoms with Crippen molar-refractivity contribution < 1.29 is 14.7 Å². The fourth-order valence-corrected chi connectivity index (χ4v) is 3.85. The summed E-state index contributed by atoms with van der Waals surface area (Å²) in [4.78, 5) is 27.0. The molecule has 0 radical (unpaired) electrons. The minimum absolute atomic E-state index is 0.299. The molecule has 1 aliphatic heterocycles. The van der Waals surface area contributed by atoms with Gasteiger partial charge in [0.1, 0.15) is 0 Å². The Kier molecular flexibility index (Phi) is 5.61. The zero-order valence-corrected chi connectivity index (χ0v) is 15.9. The first kappa shape index (κ1) is 19.1. The molecule has 0 aliphatic carbocycles. The lowest BCUT2D eigenvalue weighted by atomic mass is 9.88. The Hall–Kier alpha value is -2.66. The second-order valence-corrected chi connectivity index (χ2v) is 7.52. The number of aliphatic carboxylic acids is 1. The minimum Gasteiger partial charge on any atom is -0.479 e. The monoisotopic (exact) mass is 366 g/mol. The van der Waals surface area contributed by atoms with Gasteiger partial charge in [0.05, 0.1) is 0 Å². The number of benzene rings is 2. The van der Waals surface area contributed by atoms with Gasteiger partial charge in [-0.25, -0.2) is 4.79 Å². The predicted molar refractivity (Wildman–Crippen MR) is 105 cm³/mol. The number of hydrogen-bond donors (Lipinski definition) is 2. The lowest BCUT2D eigenvalue weighted by molar-refractivity contribution is -0.147. The molecule has 2 aromatic carbocycles. The van der Waals surface area contributed by atoms with E-state index in [4.69, 9.17) is 0 Å². The van der Waals surface area contributed by atoms with Crippen LogP contribution in [0.3, 0.4) is 0 Å². The van der Waals surface area contributed by atoms with E-state index in [1.54, 1.807) is 12.1 Å². The normalized spacial score (nSPS) is 20.2. The first-order valence-electron chi connectivity index (χ1n) is 9.28. The third-order valence-electron chi connectivity index (χ3n) is 5.07. The summed E-state index contributed by atoms with van der Waals surface area (Å²) >= 11 is 0. The number of nitrogens with zero attached hydrogens (tertiary/aromatic N) is 1. The van der Waals surface area contributed by atoms with Crippen LogP contribution in [0.4, 0.5) is 0 Å². The van der Waals surface area contributed by atoms with Gasteiger partial charge in [-0.3, -0.25) is 9.69 Å². The molecule has 2 aromatic rings. The van der Waals surface area contributed by atoms with Gasteiger partial charge < -0.3 is 10.4 Å². The summed E-state index contributed by atoms with van der Waals surface area (Å²) in [6, 6.07) is 15.6. The van der Waals surface area contributed by atoms with E-state index in [0.717, 1.165) is 29.7 Å². The Morgan fingerprint density at radius 2 is 1.78 bits per heavy atom. The Balaban J connectivity index is 1.78. The quantitative estimate of drug-likeness (QED) is 0.853. The third kappa shape index (κ3) is 4.55. The number of carboxylic acids is 1. The van der Waals surface area contributed by atoms with Crippen LogP contribution in [-0.2, 0) is 11.3 Å². The Morgan fingerprint density at radius 3 is 2.41 bits per heavy atom. The lowest BCUT2D eigenvalue weighted by Crippen LogP contribution is -2.63. The summed E-state index contributed by atoms with van der Waals surface area (Å²) in [6.07, 6.45) is 1.16. The van der Waals surface area contributed by atoms with Crippen LogP contribution in [-0.4, -0.2) is 40.5 Å². The van der Waals surface area contributed by atoms with Crippen LogP contribution in [0.2, 0.25) is 0 Å². The molecule has 1 fully saturated rings. The smallest absolute Gasteiger partial charge is 0.330 e. The van der Waals surface area contributed by atoms with Gasteiger partial charge in [-0.05, 0) is 50.9 Å². The average molecular weight is 366 g/mol. The summed E-state index contributed by atoms with van der Waals surface area (Å²) in [5.41, 5.74) is 2.35. The molecule has 1 amide bonds. The van der Waals surface area contributed by atoms with Crippen molar-refractivity contribution in [2.24, 2.45) is 0 Å². The number of aryl methyl sites for hydroxylation is 2. The molecular weight excluding hydrogens is 340 g/mol. The number of amides is 1. The SMILES string of the molecule is Cc1cc(C)cc(C(=O)NC2(C(=O)O)CCCN(Cc3ccccc3)C2)c1. The molecule has 5 heteroatoms. The lowest BCUT2D eigenvalue weighted by Gasteiger charge is -2.40. The Bertz CT molecular complexity index is 814. The van der Waals surface area contributed by atoms with Gasteiger partial charge in [0.25, 0.3) is 5.91 Å². The summed E-state index contributed by atoms with van der Waals surface area (Å²) in [7, 11) is 0. The van der Waals surface area contributed by atoms with Gasteiger partial charge in [-0.15, -0.1) is 0 Å². The summed E-state index contributed by atoms with van der Waals surface area (Å²) in [5.74, 6) is -1.30. The topological polar surface area (TPSA) is 69.6 Å². The number of nitrogens with one attached hydrogen (secondary N) is 1. The van der Waals surface area contributed by atoms with Crippen LogP contribution in [0.15, 0.2) is 48.5 Å². The zero-order valence-electron chi connectivity index (χ0n) is 15.9. The third-order valence-corrected chi connectivity index (χ3v) is 5.07. The molecule has 27 heavy (non-hydrogen) atoms. The highest BCUT2D eigenvalue weighted by Crippen LogP contribution is 2.24. The van der Waals surface area contributed by atoms with Crippen LogP contribution in [0.25, 0.3) is 0 Å². The number of likely N-dealkylation sites (tertiary alicyclic amines) is 1. The van der Waals surface area contributed by atoms with Gasteiger partial charge >= 0.3 is 5.97 Å². The molecule has 1 unspecified atom stereocenters. The van der Waals surface area contributed by atoms with Crippen molar-refractivity contribution in [1.82, 2.24) is 10.2 Å². The molecule has 1 saturated heterocycles. The molecule has 2 N–H and O–H groups in total. The van der Waals surface area contributed by atoms with Gasteiger partial charge in [0.15, 0.2) is 5.54 Å². The zero-order chi connectivity index (χ0) is 19.4. The van der Waals surface area contributed by atoms with Crippen molar-refractivity contribution in [1.29, 1.82) is 0 Å². The maximum absolute atomic E-state index is 12.8. The molecule has 0 spiro atoms. The van der Waals surface area contributed by atoms with Gasteiger partial charge in [0.2, 0.25) is 0 Å². The number of piperidine rings is 1. The number of carbonyl (C=O) groups excluding carboxylic acids is 1. The molecule has 5 nitrogen and oxygen atoms in total. The second kappa shape index (κ2) is 7.92. The van der Waals surface area contributed by atoms with Gasteiger partial charge in [0, 0.05) is 18.7 Å². The fourth-order valence-electron chi connectivity index (χ4n) is 3.85. The van der Waals surface area contributed by atoms with E-state index in [1.807, 2.05) is 50.2 Å². The van der Waals surface area contributed by atoms with Crippen molar-refractivity contribution in [3.63, 3.8) is 0 Å². The number of carboxylic acid groups (broad SMARTS) is 1. The van der Waals surface area contributed by atoms with Crippen LogP contribution < -0.4 is 5.32 Å². The molecule has 0 aromatic heterocycles. The minimum atomic E-state index is -1.26. The van der Waals surface area contributed by atoms with E-state index in [-0.39, 0.29) is 5.91 Å². The number of hydrogen-bond acceptors (Lipinski definition) is 3. The van der Waals surface area contributed by atoms with Crippen molar-refractivity contribution in [2.75, 3.05) is 13.1 Å². The maximum Gasteiger partial charge on any atom is 0.330 e. The standard InChI is InChI=1S/C22H26N2O3/c1-16-11-17(2)13-19(12-16)20(25)23-22(21(26)27)9-6-10-24(15-22)14-18-7-4-3-5-8-18/h3-5,7-8,11-13H,6,9-10,14-15H2,1-2H3,(H,23,25)(H,26,27). The van der Waals surface area contributed by atoms with Crippen LogP contribution in [0.1, 0.15) is 39.9 Å². The van der Waals surface area contributed by atoms with Crippen molar-refractivity contribution in [2.45, 2.75) is 38.8 Å². The highest BCUT2D eigenvalue weighted by Gasteiger charge is 2.43. The highest BCUT2D eigenvalue weighted by molar-refractivity contribution is 5.98. The Morgan fingerprint density at radius 1 is 1.11 bits per heavy atom. The average Bonchev–Trinajstić information content (AvgIpc) is 2.62. The Labute approximate surface area is 160 Å². The van der Waals surface area contributed by atoms with E-state index in [0.29, 0.717) is 25.1 Å². The largest absolute Gasteiger partial charge is 0.479 e. The van der Waals surface area contributed by atoms with E-state index in [9.17, 15) is 14.7 Å². The van der Waals surface area contributed by atoms with Crippen molar-refractivity contribution in [3.8, 4) is 0 Å². The van der Waals surface area contributed by atoms with Crippen LogP contribution in [0.5, 0.6) is 0 Å². The highest BCUT2D eigenvalue weighted by atomic mass is 16.4. The van der Waals surface area contributed by atoms with E-state index >= 15 is 0 Å². The first-order chi connectivity index (χ1) is 12.9. The molecule has 1 heterocycles. The summed E-state index contributed by atoms with van der Waals surface area (Å²) in [5, 5.41) is 12.8. The molecule has 142 valence electrons. The molecule has 0 saturated carbocycles. The maximum atomic E-state index is 12.8. The molecular formula is C22H26N2O3. The van der Waals surface area contributed by atoms with Crippen molar-refractivity contribution in [3.05, 3.63) is 70.8 Å². The predicted octanol–water partition coefficient (Wildman–Crippen LogP) is 3.15. The van der Waals surface area contributed by atoms with Crippen LogP contribution in [0, 0.1) is 13.8 Å². The van der Waals surface area contributed by atoms with Gasteiger partial charge in [-0.1, -0.05) is 47.5 Å². The second-order valence-electron chi connectivity index (χ2n) is 7.52. The van der Waals surface area contributed by atoms with E-state index < -0.39 is 11.5 Å². The fraction of sp³-hybridized carbons (Fsp3) is 0.364. The summed E-state index contributed by atoms with van der Waals surface area (Å²) in [6.45, 7) is 5.66. The van der Waals surface area contributed by atoms with Crippen molar-refractivity contribution >= 4 is 11.9 Å². The summed E-state index contributed by atoms with van der Waals surface area (Å²) < 4.78 is 0. The van der Waals surface area contributed by atoms with E-state index in [2.05, 4.69) is 10.2 Å².